The highest BCUT2D eigenvalue weighted by Crippen LogP contribution is 2.16. The molecular formula is C24H22N2O3. The standard InChI is InChI=1S/C24H22N2O3/c1-17-9-10-21-19(14-17)15-20(23(27)25-21)16-26(24(28)22-8-5-13-29-22)12-11-18-6-3-2-4-7-18/h2-10,13-15H,11-12,16H2,1H3,(H,25,27). The summed E-state index contributed by atoms with van der Waals surface area (Å²) in [5, 5.41) is 0.952. The molecule has 0 bridgehead atoms. The van der Waals surface area contributed by atoms with Crippen LogP contribution < -0.4 is 5.56 Å². The van der Waals surface area contributed by atoms with Gasteiger partial charge in [-0.15, -0.1) is 0 Å². The molecule has 2 aromatic heterocycles. The summed E-state index contributed by atoms with van der Waals surface area (Å²) in [6.45, 7) is 2.71. The first kappa shape index (κ1) is 18.7. The molecule has 5 nitrogen and oxygen atoms in total. The van der Waals surface area contributed by atoms with Gasteiger partial charge in [0.05, 0.1) is 12.8 Å². The molecule has 1 N–H and O–H groups in total. The summed E-state index contributed by atoms with van der Waals surface area (Å²) in [4.78, 5) is 30.2. The van der Waals surface area contributed by atoms with Crippen molar-refractivity contribution in [1.82, 2.24) is 9.88 Å². The van der Waals surface area contributed by atoms with Crippen LogP contribution in [-0.4, -0.2) is 22.3 Å². The Morgan fingerprint density at radius 3 is 2.62 bits per heavy atom. The van der Waals surface area contributed by atoms with Gasteiger partial charge in [0.1, 0.15) is 0 Å². The van der Waals surface area contributed by atoms with Crippen molar-refractivity contribution in [2.45, 2.75) is 19.9 Å². The fourth-order valence-corrected chi connectivity index (χ4v) is 3.41. The van der Waals surface area contributed by atoms with E-state index in [1.807, 2.05) is 61.5 Å². The van der Waals surface area contributed by atoms with Gasteiger partial charge in [0, 0.05) is 17.6 Å². The molecule has 2 heterocycles. The van der Waals surface area contributed by atoms with Gasteiger partial charge < -0.3 is 14.3 Å². The molecule has 0 radical (unpaired) electrons. The Kier molecular flexibility index (Phi) is 5.29. The molecule has 0 saturated carbocycles. The highest BCUT2D eigenvalue weighted by molar-refractivity contribution is 5.91. The molecule has 0 saturated heterocycles. The topological polar surface area (TPSA) is 66.3 Å². The smallest absolute Gasteiger partial charge is 0.289 e. The largest absolute Gasteiger partial charge is 0.459 e. The highest BCUT2D eigenvalue weighted by Gasteiger charge is 2.20. The number of carbonyl (C=O) groups is 1. The van der Waals surface area contributed by atoms with Crippen LogP contribution >= 0.6 is 0 Å². The number of furan rings is 1. The molecule has 0 aliphatic carbocycles. The predicted octanol–water partition coefficient (Wildman–Crippen LogP) is 4.31. The number of fused-ring (bicyclic) bond motifs is 1. The van der Waals surface area contributed by atoms with Crippen LogP contribution in [0.1, 0.15) is 27.2 Å². The van der Waals surface area contributed by atoms with Crippen molar-refractivity contribution in [3.63, 3.8) is 0 Å². The highest BCUT2D eigenvalue weighted by atomic mass is 16.3. The third-order valence-electron chi connectivity index (χ3n) is 4.97. The predicted molar refractivity (Wildman–Crippen MR) is 113 cm³/mol. The number of carbonyl (C=O) groups excluding carboxylic acids is 1. The second kappa shape index (κ2) is 8.19. The van der Waals surface area contributed by atoms with E-state index in [0.717, 1.165) is 22.0 Å². The Labute approximate surface area is 168 Å². The number of aromatic amines is 1. The number of benzene rings is 2. The summed E-state index contributed by atoms with van der Waals surface area (Å²) >= 11 is 0. The first-order valence-electron chi connectivity index (χ1n) is 9.59. The van der Waals surface area contributed by atoms with E-state index >= 15 is 0 Å². The molecular weight excluding hydrogens is 364 g/mol. The zero-order valence-corrected chi connectivity index (χ0v) is 16.2. The first-order chi connectivity index (χ1) is 14.1. The van der Waals surface area contributed by atoms with Gasteiger partial charge in [-0.1, -0.05) is 42.0 Å². The number of aromatic nitrogens is 1. The maximum atomic E-state index is 13.0. The van der Waals surface area contributed by atoms with Crippen molar-refractivity contribution in [3.05, 3.63) is 106 Å². The van der Waals surface area contributed by atoms with Crippen LogP contribution in [-0.2, 0) is 13.0 Å². The van der Waals surface area contributed by atoms with Crippen LogP contribution in [0, 0.1) is 6.92 Å². The molecule has 0 fully saturated rings. The van der Waals surface area contributed by atoms with Crippen LogP contribution in [0.25, 0.3) is 10.9 Å². The maximum Gasteiger partial charge on any atom is 0.289 e. The third kappa shape index (κ3) is 4.29. The number of nitrogens with zero attached hydrogens (tertiary/aromatic N) is 1. The summed E-state index contributed by atoms with van der Waals surface area (Å²) in [7, 11) is 0. The second-order valence-electron chi connectivity index (χ2n) is 7.15. The third-order valence-corrected chi connectivity index (χ3v) is 4.97. The summed E-state index contributed by atoms with van der Waals surface area (Å²) in [6, 6.07) is 21.1. The Morgan fingerprint density at radius 2 is 1.86 bits per heavy atom. The molecule has 4 rings (SSSR count). The lowest BCUT2D eigenvalue weighted by Crippen LogP contribution is -2.34. The van der Waals surface area contributed by atoms with Crippen molar-refractivity contribution in [2.75, 3.05) is 6.54 Å². The molecule has 0 unspecified atom stereocenters. The molecule has 2 aromatic carbocycles. The SMILES string of the molecule is Cc1ccc2[nH]c(=O)c(CN(CCc3ccccc3)C(=O)c3ccco3)cc2c1. The van der Waals surface area contributed by atoms with E-state index in [1.54, 1.807) is 17.0 Å². The van der Waals surface area contributed by atoms with Crippen molar-refractivity contribution < 1.29 is 9.21 Å². The zero-order chi connectivity index (χ0) is 20.2. The number of amides is 1. The molecule has 4 aromatic rings. The molecule has 0 atom stereocenters. The Morgan fingerprint density at radius 1 is 1.03 bits per heavy atom. The quantitative estimate of drug-likeness (QED) is 0.537. The lowest BCUT2D eigenvalue weighted by atomic mass is 10.1. The fourth-order valence-electron chi connectivity index (χ4n) is 3.41. The van der Waals surface area contributed by atoms with Crippen LogP contribution in [0.3, 0.4) is 0 Å². The Balaban J connectivity index is 1.63. The minimum atomic E-state index is -0.227. The van der Waals surface area contributed by atoms with Gasteiger partial charge in [0.2, 0.25) is 0 Å². The van der Waals surface area contributed by atoms with E-state index in [2.05, 4.69) is 4.98 Å². The zero-order valence-electron chi connectivity index (χ0n) is 16.2. The van der Waals surface area contributed by atoms with E-state index in [0.29, 0.717) is 18.5 Å². The number of H-pyrrole nitrogens is 1. The minimum absolute atomic E-state index is 0.182. The first-order valence-corrected chi connectivity index (χ1v) is 9.59. The van der Waals surface area contributed by atoms with Gasteiger partial charge in [-0.25, -0.2) is 0 Å². The molecule has 0 aliphatic heterocycles. The summed E-state index contributed by atoms with van der Waals surface area (Å²) in [6.07, 6.45) is 2.17. The normalized spacial score (nSPS) is 10.9. The van der Waals surface area contributed by atoms with Crippen LogP contribution in [0.4, 0.5) is 0 Å². The molecule has 146 valence electrons. The fraction of sp³-hybridized carbons (Fsp3) is 0.167. The molecule has 29 heavy (non-hydrogen) atoms. The molecule has 0 aliphatic rings. The van der Waals surface area contributed by atoms with Crippen LogP contribution in [0.5, 0.6) is 0 Å². The minimum Gasteiger partial charge on any atom is -0.459 e. The van der Waals surface area contributed by atoms with Crippen molar-refractivity contribution >= 4 is 16.8 Å². The lowest BCUT2D eigenvalue weighted by molar-refractivity contribution is 0.0712. The van der Waals surface area contributed by atoms with E-state index in [1.165, 1.54) is 6.26 Å². The number of hydrogen-bond donors (Lipinski definition) is 1. The molecule has 1 amide bonds. The average Bonchev–Trinajstić information content (AvgIpc) is 3.27. The summed E-state index contributed by atoms with van der Waals surface area (Å²) in [5.41, 5.74) is 3.41. The van der Waals surface area contributed by atoms with Gasteiger partial charge in [0.25, 0.3) is 11.5 Å². The Bertz CT molecular complexity index is 1180. The molecule has 5 heteroatoms. The van der Waals surface area contributed by atoms with Crippen molar-refractivity contribution in [2.24, 2.45) is 0 Å². The van der Waals surface area contributed by atoms with Gasteiger partial charge in [-0.2, -0.15) is 0 Å². The number of pyridine rings is 1. The number of nitrogens with one attached hydrogen (secondary N) is 1. The number of hydrogen-bond acceptors (Lipinski definition) is 3. The maximum absolute atomic E-state index is 13.0. The van der Waals surface area contributed by atoms with Crippen LogP contribution in [0.2, 0.25) is 0 Å². The number of aryl methyl sites for hydroxylation is 1. The van der Waals surface area contributed by atoms with Crippen molar-refractivity contribution in [3.8, 4) is 0 Å². The van der Waals surface area contributed by atoms with Crippen molar-refractivity contribution in [1.29, 1.82) is 0 Å². The lowest BCUT2D eigenvalue weighted by Gasteiger charge is -2.22. The van der Waals surface area contributed by atoms with E-state index in [4.69, 9.17) is 4.42 Å². The van der Waals surface area contributed by atoms with E-state index in [9.17, 15) is 9.59 Å². The van der Waals surface area contributed by atoms with Gasteiger partial charge in [-0.05, 0) is 54.6 Å². The monoisotopic (exact) mass is 386 g/mol. The van der Waals surface area contributed by atoms with E-state index in [-0.39, 0.29) is 23.8 Å². The van der Waals surface area contributed by atoms with Gasteiger partial charge >= 0.3 is 0 Å². The van der Waals surface area contributed by atoms with Gasteiger partial charge in [0.15, 0.2) is 5.76 Å². The summed E-state index contributed by atoms with van der Waals surface area (Å²) in [5.74, 6) is 0.0424. The van der Waals surface area contributed by atoms with Crippen LogP contribution in [0.15, 0.2) is 82.2 Å². The molecule has 0 spiro atoms. The van der Waals surface area contributed by atoms with E-state index < -0.39 is 0 Å². The average molecular weight is 386 g/mol. The van der Waals surface area contributed by atoms with Gasteiger partial charge in [-0.3, -0.25) is 9.59 Å². The number of rotatable bonds is 6. The Hall–Kier alpha value is -3.60. The second-order valence-corrected chi connectivity index (χ2v) is 7.15. The summed E-state index contributed by atoms with van der Waals surface area (Å²) < 4.78 is 5.31.